The molecule has 1 aromatic rings. The van der Waals surface area contributed by atoms with Crippen molar-refractivity contribution in [1.29, 1.82) is 0 Å². The predicted octanol–water partition coefficient (Wildman–Crippen LogP) is 1.06. The molecular weight excluding hydrogens is 268 g/mol. The highest BCUT2D eigenvalue weighted by molar-refractivity contribution is 5.85. The van der Waals surface area contributed by atoms with Crippen molar-refractivity contribution in [3.05, 3.63) is 35.9 Å². The van der Waals surface area contributed by atoms with Gasteiger partial charge < -0.3 is 20.5 Å². The summed E-state index contributed by atoms with van der Waals surface area (Å²) >= 11 is 0. The van der Waals surface area contributed by atoms with Crippen molar-refractivity contribution in [3.63, 3.8) is 0 Å². The first-order valence-electron chi connectivity index (χ1n) is 6.11. The van der Waals surface area contributed by atoms with Crippen LogP contribution in [0.25, 0.3) is 0 Å². The van der Waals surface area contributed by atoms with Crippen LogP contribution in [0.2, 0.25) is 0 Å². The van der Waals surface area contributed by atoms with E-state index in [-0.39, 0.29) is 25.1 Å². The number of amides is 1. The van der Waals surface area contributed by atoms with Gasteiger partial charge in [0.2, 0.25) is 0 Å². The first-order valence-corrected chi connectivity index (χ1v) is 6.11. The molecular formula is C13H19ClN2O3. The van der Waals surface area contributed by atoms with Crippen LogP contribution in [0.5, 0.6) is 0 Å². The number of alkyl carbamates (subject to hydrolysis) is 1. The second-order valence-electron chi connectivity index (χ2n) is 4.37. The number of aliphatic hydroxyl groups excluding tert-OH is 1. The minimum Gasteiger partial charge on any atom is -0.445 e. The van der Waals surface area contributed by atoms with Gasteiger partial charge in [0.05, 0.1) is 12.1 Å². The Labute approximate surface area is 118 Å². The Morgan fingerprint density at radius 2 is 2.16 bits per heavy atom. The van der Waals surface area contributed by atoms with E-state index >= 15 is 0 Å². The van der Waals surface area contributed by atoms with Crippen LogP contribution in [0.3, 0.4) is 0 Å². The Morgan fingerprint density at radius 1 is 1.42 bits per heavy atom. The van der Waals surface area contributed by atoms with Gasteiger partial charge in [0.25, 0.3) is 0 Å². The molecule has 1 amide bonds. The number of hydrogen-bond acceptors (Lipinski definition) is 4. The lowest BCUT2D eigenvalue weighted by Crippen LogP contribution is -2.53. The molecule has 0 saturated carbocycles. The van der Waals surface area contributed by atoms with Crippen LogP contribution >= 0.6 is 12.4 Å². The zero-order valence-corrected chi connectivity index (χ0v) is 11.4. The van der Waals surface area contributed by atoms with Crippen LogP contribution in [0.1, 0.15) is 12.0 Å². The molecule has 5 nitrogen and oxygen atoms in total. The van der Waals surface area contributed by atoms with Crippen molar-refractivity contribution in [2.24, 2.45) is 0 Å². The van der Waals surface area contributed by atoms with Crippen LogP contribution in [0.4, 0.5) is 4.79 Å². The summed E-state index contributed by atoms with van der Waals surface area (Å²) in [7, 11) is 0. The van der Waals surface area contributed by atoms with Gasteiger partial charge in [-0.05, 0) is 18.5 Å². The molecule has 0 unspecified atom stereocenters. The average molecular weight is 287 g/mol. The van der Waals surface area contributed by atoms with Crippen LogP contribution in [0, 0.1) is 0 Å². The monoisotopic (exact) mass is 286 g/mol. The largest absolute Gasteiger partial charge is 0.445 e. The predicted molar refractivity (Wildman–Crippen MR) is 74.3 cm³/mol. The number of piperidine rings is 1. The molecule has 3 N–H and O–H groups in total. The zero-order valence-electron chi connectivity index (χ0n) is 10.5. The number of carbonyl (C=O) groups excluding carboxylic acids is 1. The molecule has 0 aliphatic carbocycles. The molecule has 0 aromatic heterocycles. The summed E-state index contributed by atoms with van der Waals surface area (Å²) in [6, 6.07) is 9.21. The van der Waals surface area contributed by atoms with E-state index in [0.29, 0.717) is 13.0 Å². The van der Waals surface area contributed by atoms with Crippen molar-refractivity contribution in [1.82, 2.24) is 10.6 Å². The Balaban J connectivity index is 0.00000180. The number of halogens is 1. The number of benzene rings is 1. The Bertz CT molecular complexity index is 389. The molecule has 1 aliphatic rings. The van der Waals surface area contributed by atoms with Crippen molar-refractivity contribution >= 4 is 18.5 Å². The highest BCUT2D eigenvalue weighted by Gasteiger charge is 2.24. The fourth-order valence-corrected chi connectivity index (χ4v) is 1.91. The Morgan fingerprint density at radius 3 is 2.84 bits per heavy atom. The van der Waals surface area contributed by atoms with Crippen molar-refractivity contribution in [2.45, 2.75) is 25.2 Å². The van der Waals surface area contributed by atoms with Crippen molar-refractivity contribution in [2.75, 3.05) is 13.1 Å². The van der Waals surface area contributed by atoms with Crippen molar-refractivity contribution < 1.29 is 14.6 Å². The third-order valence-corrected chi connectivity index (χ3v) is 2.96. The first kappa shape index (κ1) is 15.8. The molecule has 6 heteroatoms. The van der Waals surface area contributed by atoms with E-state index in [2.05, 4.69) is 10.6 Å². The van der Waals surface area contributed by atoms with Gasteiger partial charge in [0.1, 0.15) is 6.61 Å². The minimum atomic E-state index is -0.504. The SMILES string of the molecule is Cl.O=C(N[C@H]1CNCC[C@@H]1O)OCc1ccccc1. The molecule has 0 spiro atoms. The summed E-state index contributed by atoms with van der Waals surface area (Å²) in [5.74, 6) is 0. The molecule has 2 rings (SSSR count). The number of rotatable bonds is 3. The first-order chi connectivity index (χ1) is 8.75. The van der Waals surface area contributed by atoms with Gasteiger partial charge in [-0.25, -0.2) is 4.79 Å². The highest BCUT2D eigenvalue weighted by atomic mass is 35.5. The Hall–Kier alpha value is -1.30. The minimum absolute atomic E-state index is 0. The molecule has 1 saturated heterocycles. The summed E-state index contributed by atoms with van der Waals surface area (Å²) in [4.78, 5) is 11.6. The third-order valence-electron chi connectivity index (χ3n) is 2.96. The summed E-state index contributed by atoms with van der Waals surface area (Å²) in [5, 5.41) is 15.5. The molecule has 106 valence electrons. The highest BCUT2D eigenvalue weighted by Crippen LogP contribution is 2.04. The van der Waals surface area contributed by atoms with Gasteiger partial charge in [0.15, 0.2) is 0 Å². The van der Waals surface area contributed by atoms with Crippen LogP contribution in [-0.4, -0.2) is 36.4 Å². The molecule has 0 bridgehead atoms. The molecule has 2 atom stereocenters. The molecule has 19 heavy (non-hydrogen) atoms. The number of hydrogen-bond donors (Lipinski definition) is 3. The quantitative estimate of drug-likeness (QED) is 0.777. The molecule has 1 aliphatic heterocycles. The van der Waals surface area contributed by atoms with Crippen LogP contribution in [-0.2, 0) is 11.3 Å². The summed E-state index contributed by atoms with van der Waals surface area (Å²) in [6.07, 6.45) is -0.356. The Kier molecular flexibility index (Phi) is 6.62. The smallest absolute Gasteiger partial charge is 0.407 e. The van der Waals surface area contributed by atoms with Gasteiger partial charge in [-0.3, -0.25) is 0 Å². The summed E-state index contributed by atoms with van der Waals surface area (Å²) in [5.41, 5.74) is 0.940. The van der Waals surface area contributed by atoms with Gasteiger partial charge in [-0.2, -0.15) is 0 Å². The standard InChI is InChI=1S/C13H18N2O3.ClH/c16-12-6-7-14-8-11(12)15-13(17)18-9-10-4-2-1-3-5-10;/h1-5,11-12,14,16H,6-9H2,(H,15,17);1H/t11-,12-;/m0./s1. The van der Waals surface area contributed by atoms with Gasteiger partial charge in [-0.15, -0.1) is 12.4 Å². The van der Waals surface area contributed by atoms with Crippen LogP contribution < -0.4 is 10.6 Å². The molecule has 1 fully saturated rings. The molecule has 1 heterocycles. The molecule has 1 aromatic carbocycles. The second-order valence-corrected chi connectivity index (χ2v) is 4.37. The third kappa shape index (κ3) is 5.06. The summed E-state index contributed by atoms with van der Waals surface area (Å²) < 4.78 is 5.09. The van der Waals surface area contributed by atoms with Crippen LogP contribution in [0.15, 0.2) is 30.3 Å². The second kappa shape index (κ2) is 7.99. The maximum absolute atomic E-state index is 11.6. The fraction of sp³-hybridized carbons (Fsp3) is 0.462. The van der Waals surface area contributed by atoms with E-state index in [0.717, 1.165) is 12.1 Å². The number of ether oxygens (including phenoxy) is 1. The summed E-state index contributed by atoms with van der Waals surface area (Å²) in [6.45, 7) is 1.59. The lowest BCUT2D eigenvalue weighted by molar-refractivity contribution is 0.0843. The van der Waals surface area contributed by atoms with E-state index in [1.807, 2.05) is 30.3 Å². The average Bonchev–Trinajstić information content (AvgIpc) is 2.40. The van der Waals surface area contributed by atoms with E-state index in [4.69, 9.17) is 4.74 Å². The lowest BCUT2D eigenvalue weighted by Gasteiger charge is -2.28. The fourth-order valence-electron chi connectivity index (χ4n) is 1.91. The topological polar surface area (TPSA) is 70.6 Å². The lowest BCUT2D eigenvalue weighted by atomic mass is 10.0. The van der Waals surface area contributed by atoms with Gasteiger partial charge in [0, 0.05) is 6.54 Å². The number of carbonyl (C=O) groups is 1. The van der Waals surface area contributed by atoms with E-state index in [1.54, 1.807) is 0 Å². The number of aliphatic hydroxyl groups is 1. The van der Waals surface area contributed by atoms with Crippen molar-refractivity contribution in [3.8, 4) is 0 Å². The number of nitrogens with one attached hydrogen (secondary N) is 2. The zero-order chi connectivity index (χ0) is 12.8. The maximum atomic E-state index is 11.6. The van der Waals surface area contributed by atoms with E-state index < -0.39 is 12.2 Å². The van der Waals surface area contributed by atoms with Gasteiger partial charge in [-0.1, -0.05) is 30.3 Å². The normalized spacial score (nSPS) is 22.2. The van der Waals surface area contributed by atoms with Gasteiger partial charge >= 0.3 is 6.09 Å². The van der Waals surface area contributed by atoms with E-state index in [9.17, 15) is 9.90 Å². The molecule has 0 radical (unpaired) electrons. The maximum Gasteiger partial charge on any atom is 0.407 e. The van der Waals surface area contributed by atoms with E-state index in [1.165, 1.54) is 0 Å².